The Morgan fingerprint density at radius 2 is 1.89 bits per heavy atom. The van der Waals surface area contributed by atoms with Crippen LogP contribution in [0.1, 0.15) is 46.6 Å². The van der Waals surface area contributed by atoms with Crippen LogP contribution in [0.15, 0.2) is 82.6 Å². The lowest BCUT2D eigenvalue weighted by molar-refractivity contribution is 0.277. The topological polar surface area (TPSA) is 12.5 Å². The fourth-order valence-electron chi connectivity index (χ4n) is 2.59. The minimum Gasteiger partial charge on any atom is -0.492 e. The van der Waals surface area contributed by atoms with Crippen molar-refractivity contribution in [1.29, 1.82) is 0 Å². The van der Waals surface area contributed by atoms with Crippen molar-refractivity contribution in [3.8, 4) is 5.75 Å². The Hall–Kier alpha value is -2.13. The lowest BCUT2D eigenvalue weighted by atomic mass is 10.1. The van der Waals surface area contributed by atoms with Gasteiger partial charge in [-0.05, 0) is 80.9 Å². The maximum atomic E-state index is 5.96. The van der Waals surface area contributed by atoms with E-state index in [1.54, 1.807) is 5.41 Å². The first-order chi connectivity index (χ1) is 13.3. The molecule has 0 spiro atoms. The van der Waals surface area contributed by atoms with Gasteiger partial charge in [0.1, 0.15) is 12.4 Å². The number of hydrogen-bond donors (Lipinski definition) is 1. The van der Waals surface area contributed by atoms with Crippen LogP contribution in [0.5, 0.6) is 5.75 Å². The van der Waals surface area contributed by atoms with E-state index >= 15 is 0 Å². The average Bonchev–Trinajstić information content (AvgIpc) is 2.66. The predicted octanol–water partition coefficient (Wildman–Crippen LogP) is 7.23. The summed E-state index contributed by atoms with van der Waals surface area (Å²) >= 11 is 4.16. The van der Waals surface area contributed by atoms with Gasteiger partial charge in [-0.2, -0.15) is 12.6 Å². The summed E-state index contributed by atoms with van der Waals surface area (Å²) in [4.78, 5) is 2.19. The molecule has 0 atom stereocenters. The third-order valence-corrected chi connectivity index (χ3v) is 4.85. The second-order valence-electron chi connectivity index (χ2n) is 7.14. The lowest BCUT2D eigenvalue weighted by Crippen LogP contribution is -2.23. The normalized spacial score (nSPS) is 13.5. The summed E-state index contributed by atoms with van der Waals surface area (Å²) < 4.78 is 5.96. The Balaban J connectivity index is 2.93. The number of thiol groups is 1. The smallest absolute Gasteiger partial charge is 0.119 e. The Bertz CT molecular complexity index is 783. The van der Waals surface area contributed by atoms with Gasteiger partial charge in [-0.25, -0.2) is 0 Å². The van der Waals surface area contributed by atoms with Crippen molar-refractivity contribution in [3.63, 3.8) is 0 Å². The molecule has 0 aliphatic carbocycles. The summed E-state index contributed by atoms with van der Waals surface area (Å²) in [6.45, 7) is 18.4. The van der Waals surface area contributed by atoms with Gasteiger partial charge in [0.15, 0.2) is 0 Å². The van der Waals surface area contributed by atoms with Crippen molar-refractivity contribution in [2.45, 2.75) is 48.0 Å². The molecule has 0 fully saturated rings. The van der Waals surface area contributed by atoms with Gasteiger partial charge in [0.05, 0.1) is 6.54 Å². The van der Waals surface area contributed by atoms with Crippen LogP contribution in [0.25, 0.3) is 0 Å². The molecule has 1 rings (SSSR count). The molecule has 0 saturated heterocycles. The zero-order valence-corrected chi connectivity index (χ0v) is 19.1. The summed E-state index contributed by atoms with van der Waals surface area (Å²) in [7, 11) is 0. The fourth-order valence-corrected chi connectivity index (χ4v) is 2.82. The molecule has 1 aromatic rings. The molecule has 0 aliphatic heterocycles. The maximum absolute atomic E-state index is 5.96. The van der Waals surface area contributed by atoms with E-state index in [-0.39, 0.29) is 0 Å². The van der Waals surface area contributed by atoms with Gasteiger partial charge in [-0.15, -0.1) is 0 Å². The molecule has 0 N–H and O–H groups in total. The minimum absolute atomic E-state index is 0.597. The highest BCUT2D eigenvalue weighted by Crippen LogP contribution is 2.20. The summed E-state index contributed by atoms with van der Waals surface area (Å²) in [6.07, 6.45) is 7.36. The quantitative estimate of drug-likeness (QED) is 0.330. The van der Waals surface area contributed by atoms with Crippen molar-refractivity contribution >= 4 is 12.6 Å². The van der Waals surface area contributed by atoms with Crippen molar-refractivity contribution in [2.75, 3.05) is 13.2 Å². The second-order valence-corrected chi connectivity index (χ2v) is 7.44. The van der Waals surface area contributed by atoms with Gasteiger partial charge in [0, 0.05) is 11.9 Å². The highest BCUT2D eigenvalue weighted by atomic mass is 32.1. The molecule has 152 valence electrons. The van der Waals surface area contributed by atoms with Crippen LogP contribution in [-0.2, 0) is 0 Å². The highest BCUT2D eigenvalue weighted by Gasteiger charge is 2.09. The Morgan fingerprint density at radius 3 is 2.50 bits per heavy atom. The highest BCUT2D eigenvalue weighted by molar-refractivity contribution is 7.83. The fraction of sp³-hybridized carbons (Fsp3) is 0.360. The summed E-state index contributed by atoms with van der Waals surface area (Å²) in [5, 5.41) is 1.76. The second kappa shape index (κ2) is 12.4. The van der Waals surface area contributed by atoms with Crippen molar-refractivity contribution < 1.29 is 4.74 Å². The average molecular weight is 398 g/mol. The van der Waals surface area contributed by atoms with E-state index in [0.29, 0.717) is 6.61 Å². The summed E-state index contributed by atoms with van der Waals surface area (Å²) in [5.74, 6) is 0.905. The Labute approximate surface area is 177 Å². The molecule has 1 aromatic carbocycles. The van der Waals surface area contributed by atoms with Crippen LogP contribution in [0.4, 0.5) is 0 Å². The molecule has 0 radical (unpaired) electrons. The SMILES string of the molecule is C=C(/C(C)=C/C(C)=C(C)/C=C\S)N(/C=C(\C)CC)CCOc1cccc(C)c1. The third kappa shape index (κ3) is 8.26. The number of benzene rings is 1. The predicted molar refractivity (Wildman–Crippen MR) is 127 cm³/mol. The van der Waals surface area contributed by atoms with Gasteiger partial charge < -0.3 is 9.64 Å². The van der Waals surface area contributed by atoms with Crippen molar-refractivity contribution in [1.82, 2.24) is 4.90 Å². The van der Waals surface area contributed by atoms with Gasteiger partial charge in [0.25, 0.3) is 0 Å². The molecular weight excluding hydrogens is 362 g/mol. The standard InChI is InChI=1S/C25H35NOS/c1-8-19(2)18-26(13-14-27-25-11-9-10-20(3)16-25)24(7)23(6)17-22(5)21(4)12-15-28/h9-12,15-18,28H,7-8,13-14H2,1-6H3/b15-12-,19-18+,22-21+,23-17+. The molecule has 0 aromatic heterocycles. The minimum atomic E-state index is 0.597. The number of nitrogens with zero attached hydrogens (tertiary/aromatic N) is 1. The molecule has 3 heteroatoms. The number of allylic oxidation sites excluding steroid dienone is 6. The summed E-state index contributed by atoms with van der Waals surface area (Å²) in [6, 6.07) is 8.15. The van der Waals surface area contributed by atoms with Crippen LogP contribution < -0.4 is 4.74 Å². The van der Waals surface area contributed by atoms with Crippen LogP contribution in [-0.4, -0.2) is 18.1 Å². The monoisotopic (exact) mass is 397 g/mol. The van der Waals surface area contributed by atoms with Gasteiger partial charge in [0.2, 0.25) is 0 Å². The molecule has 0 unspecified atom stereocenters. The van der Waals surface area contributed by atoms with E-state index in [4.69, 9.17) is 4.74 Å². The lowest BCUT2D eigenvalue weighted by Gasteiger charge is -2.25. The Kier molecular flexibility index (Phi) is 10.5. The zero-order chi connectivity index (χ0) is 21.1. The third-order valence-electron chi connectivity index (χ3n) is 4.71. The largest absolute Gasteiger partial charge is 0.492 e. The van der Waals surface area contributed by atoms with E-state index in [1.165, 1.54) is 22.3 Å². The van der Waals surface area contributed by atoms with Gasteiger partial charge in [-0.1, -0.05) is 43.4 Å². The van der Waals surface area contributed by atoms with Crippen LogP contribution in [0.2, 0.25) is 0 Å². The number of aryl methyl sites for hydroxylation is 1. The van der Waals surface area contributed by atoms with E-state index in [1.807, 2.05) is 18.2 Å². The number of ether oxygens (including phenoxy) is 1. The van der Waals surface area contributed by atoms with Crippen molar-refractivity contribution in [2.24, 2.45) is 0 Å². The van der Waals surface area contributed by atoms with E-state index in [0.717, 1.165) is 30.0 Å². The first-order valence-corrected chi connectivity index (χ1v) is 10.3. The van der Waals surface area contributed by atoms with Crippen LogP contribution >= 0.6 is 12.6 Å². The first-order valence-electron chi connectivity index (χ1n) is 9.77. The molecule has 0 aliphatic rings. The van der Waals surface area contributed by atoms with E-state index in [9.17, 15) is 0 Å². The van der Waals surface area contributed by atoms with Crippen LogP contribution in [0.3, 0.4) is 0 Å². The molecule has 28 heavy (non-hydrogen) atoms. The van der Waals surface area contributed by atoms with Gasteiger partial charge in [-0.3, -0.25) is 0 Å². The molecule has 0 heterocycles. The summed E-state index contributed by atoms with van der Waals surface area (Å²) in [5.41, 5.74) is 7.04. The first kappa shape index (κ1) is 23.9. The molecule has 0 amide bonds. The zero-order valence-electron chi connectivity index (χ0n) is 18.2. The molecule has 0 bridgehead atoms. The molecular formula is C25H35NOS. The Morgan fingerprint density at radius 1 is 1.18 bits per heavy atom. The number of rotatable bonds is 10. The van der Waals surface area contributed by atoms with E-state index in [2.05, 4.69) is 90.1 Å². The maximum Gasteiger partial charge on any atom is 0.119 e. The van der Waals surface area contributed by atoms with Crippen molar-refractivity contribution in [3.05, 3.63) is 88.2 Å². The van der Waals surface area contributed by atoms with Gasteiger partial charge >= 0.3 is 0 Å². The van der Waals surface area contributed by atoms with E-state index < -0.39 is 0 Å². The van der Waals surface area contributed by atoms with Crippen LogP contribution in [0, 0.1) is 6.92 Å². The molecule has 0 saturated carbocycles. The molecule has 2 nitrogen and oxygen atoms in total. The number of hydrogen-bond acceptors (Lipinski definition) is 3.